The second-order valence-electron chi connectivity index (χ2n) is 3.99. The van der Waals surface area contributed by atoms with Crippen LogP contribution in [-0.4, -0.2) is 30.1 Å². The molecule has 0 saturated heterocycles. The van der Waals surface area contributed by atoms with Crippen molar-refractivity contribution in [3.63, 3.8) is 0 Å². The zero-order chi connectivity index (χ0) is 13.5. The number of benzene rings is 1. The molecule has 0 heterocycles. The summed E-state index contributed by atoms with van der Waals surface area (Å²) >= 11 is 0. The molecule has 0 radical (unpaired) electrons. The maximum absolute atomic E-state index is 11.2. The molecule has 98 valence electrons. The Hall–Kier alpha value is -2.04. The van der Waals surface area contributed by atoms with Crippen molar-refractivity contribution in [2.24, 2.45) is 0 Å². The first-order chi connectivity index (χ1) is 8.56. The molecular formula is C13H18N2O3. The Morgan fingerprint density at radius 1 is 1.28 bits per heavy atom. The molecule has 5 nitrogen and oxygen atoms in total. The number of rotatable bonds is 6. The second kappa shape index (κ2) is 6.64. The van der Waals surface area contributed by atoms with Crippen molar-refractivity contribution in [3.05, 3.63) is 29.8 Å². The van der Waals surface area contributed by atoms with Gasteiger partial charge in [-0.05, 0) is 24.1 Å². The highest BCUT2D eigenvalue weighted by atomic mass is 16.4. The van der Waals surface area contributed by atoms with Gasteiger partial charge in [0.1, 0.15) is 6.04 Å². The van der Waals surface area contributed by atoms with Crippen molar-refractivity contribution in [3.8, 4) is 0 Å². The fourth-order valence-electron chi connectivity index (χ4n) is 1.53. The highest BCUT2D eigenvalue weighted by Crippen LogP contribution is 2.12. The van der Waals surface area contributed by atoms with Gasteiger partial charge in [-0.2, -0.15) is 0 Å². The van der Waals surface area contributed by atoms with Crippen molar-refractivity contribution in [1.82, 2.24) is 5.32 Å². The Morgan fingerprint density at radius 2 is 1.89 bits per heavy atom. The number of carbonyl (C=O) groups excluding carboxylic acids is 1. The summed E-state index contributed by atoms with van der Waals surface area (Å²) in [6.45, 7) is 1.81. The fraction of sp³-hybridized carbons (Fsp3) is 0.385. The number of nitrogens with one attached hydrogen (secondary N) is 2. The van der Waals surface area contributed by atoms with Crippen molar-refractivity contribution in [2.45, 2.75) is 25.8 Å². The minimum Gasteiger partial charge on any atom is -0.480 e. The largest absolute Gasteiger partial charge is 0.480 e. The maximum Gasteiger partial charge on any atom is 0.326 e. The first-order valence-corrected chi connectivity index (χ1v) is 5.85. The van der Waals surface area contributed by atoms with E-state index in [4.69, 9.17) is 5.11 Å². The number of hydrogen-bond donors (Lipinski definition) is 3. The third-order valence-corrected chi connectivity index (χ3v) is 2.64. The van der Waals surface area contributed by atoms with E-state index in [2.05, 4.69) is 10.6 Å². The molecule has 3 N–H and O–H groups in total. The van der Waals surface area contributed by atoms with Crippen LogP contribution >= 0.6 is 0 Å². The number of carboxylic acids is 1. The topological polar surface area (TPSA) is 78.4 Å². The SMILES string of the molecule is CCC(Nc1ccc(CC(=O)NC)cc1)C(=O)O. The van der Waals surface area contributed by atoms with E-state index in [1.807, 2.05) is 19.1 Å². The zero-order valence-electron chi connectivity index (χ0n) is 10.6. The number of amides is 1. The number of carbonyl (C=O) groups is 2. The van der Waals surface area contributed by atoms with Crippen LogP contribution in [0.15, 0.2) is 24.3 Å². The van der Waals surface area contributed by atoms with Crippen LogP contribution in [0, 0.1) is 0 Å². The molecule has 1 atom stereocenters. The molecule has 0 spiro atoms. The Balaban J connectivity index is 2.65. The van der Waals surface area contributed by atoms with Gasteiger partial charge < -0.3 is 15.7 Å². The quantitative estimate of drug-likeness (QED) is 0.710. The van der Waals surface area contributed by atoms with Gasteiger partial charge in [-0.1, -0.05) is 19.1 Å². The van der Waals surface area contributed by atoms with Gasteiger partial charge in [0.2, 0.25) is 5.91 Å². The van der Waals surface area contributed by atoms with Crippen LogP contribution < -0.4 is 10.6 Å². The van der Waals surface area contributed by atoms with E-state index in [1.165, 1.54) is 0 Å². The Morgan fingerprint density at radius 3 is 2.33 bits per heavy atom. The highest BCUT2D eigenvalue weighted by Gasteiger charge is 2.13. The summed E-state index contributed by atoms with van der Waals surface area (Å²) in [6, 6.07) is 6.60. The van der Waals surface area contributed by atoms with Crippen molar-refractivity contribution >= 4 is 17.6 Å². The normalized spacial score (nSPS) is 11.7. The predicted octanol–water partition coefficient (Wildman–Crippen LogP) is 1.25. The number of carboxylic acid groups (broad SMARTS) is 1. The third kappa shape index (κ3) is 4.08. The van der Waals surface area contributed by atoms with Gasteiger partial charge in [0, 0.05) is 12.7 Å². The summed E-state index contributed by atoms with van der Waals surface area (Å²) in [7, 11) is 1.59. The summed E-state index contributed by atoms with van der Waals surface area (Å²) < 4.78 is 0. The molecule has 0 aliphatic carbocycles. The van der Waals surface area contributed by atoms with E-state index >= 15 is 0 Å². The Bertz CT molecular complexity index is 415. The van der Waals surface area contributed by atoms with E-state index < -0.39 is 12.0 Å². The van der Waals surface area contributed by atoms with E-state index in [-0.39, 0.29) is 5.91 Å². The first-order valence-electron chi connectivity index (χ1n) is 5.85. The molecular weight excluding hydrogens is 232 g/mol. The monoisotopic (exact) mass is 250 g/mol. The number of anilines is 1. The smallest absolute Gasteiger partial charge is 0.326 e. The lowest BCUT2D eigenvalue weighted by Crippen LogP contribution is -2.28. The highest BCUT2D eigenvalue weighted by molar-refractivity contribution is 5.79. The molecule has 0 bridgehead atoms. The molecule has 0 aromatic heterocycles. The van der Waals surface area contributed by atoms with Crippen LogP contribution in [0.5, 0.6) is 0 Å². The molecule has 0 saturated carbocycles. The molecule has 18 heavy (non-hydrogen) atoms. The van der Waals surface area contributed by atoms with Crippen LogP contribution in [0.4, 0.5) is 5.69 Å². The average Bonchev–Trinajstić information content (AvgIpc) is 2.37. The lowest BCUT2D eigenvalue weighted by molar-refractivity contribution is -0.138. The van der Waals surface area contributed by atoms with Crippen LogP contribution in [-0.2, 0) is 16.0 Å². The van der Waals surface area contributed by atoms with E-state index in [1.54, 1.807) is 19.2 Å². The van der Waals surface area contributed by atoms with Crippen LogP contribution in [0.1, 0.15) is 18.9 Å². The van der Waals surface area contributed by atoms with Gasteiger partial charge >= 0.3 is 5.97 Å². The molecule has 1 unspecified atom stereocenters. The van der Waals surface area contributed by atoms with Crippen LogP contribution in [0.3, 0.4) is 0 Å². The van der Waals surface area contributed by atoms with Gasteiger partial charge in [-0.15, -0.1) is 0 Å². The molecule has 1 rings (SSSR count). The maximum atomic E-state index is 11.2. The van der Waals surface area contributed by atoms with E-state index in [0.717, 1.165) is 11.3 Å². The van der Waals surface area contributed by atoms with E-state index in [9.17, 15) is 9.59 Å². The summed E-state index contributed by atoms with van der Waals surface area (Å²) in [5.41, 5.74) is 1.63. The summed E-state index contributed by atoms with van der Waals surface area (Å²) in [5, 5.41) is 14.4. The predicted molar refractivity (Wildman–Crippen MR) is 69.6 cm³/mol. The average molecular weight is 250 g/mol. The number of aliphatic carboxylic acids is 1. The summed E-state index contributed by atoms with van der Waals surface area (Å²) in [4.78, 5) is 22.0. The lowest BCUT2D eigenvalue weighted by atomic mass is 10.1. The third-order valence-electron chi connectivity index (χ3n) is 2.64. The van der Waals surface area contributed by atoms with Gasteiger partial charge in [0.25, 0.3) is 0 Å². The van der Waals surface area contributed by atoms with Gasteiger partial charge in [-0.3, -0.25) is 4.79 Å². The minimum atomic E-state index is -0.869. The second-order valence-corrected chi connectivity index (χ2v) is 3.99. The first kappa shape index (κ1) is 14.0. The summed E-state index contributed by atoms with van der Waals surface area (Å²) in [5.74, 6) is -0.917. The number of hydrogen-bond acceptors (Lipinski definition) is 3. The van der Waals surface area contributed by atoms with Crippen molar-refractivity contribution < 1.29 is 14.7 Å². The standard InChI is InChI=1S/C13H18N2O3/c1-3-11(13(17)18)15-10-6-4-9(5-7-10)8-12(16)14-2/h4-7,11,15H,3,8H2,1-2H3,(H,14,16)(H,17,18). The van der Waals surface area contributed by atoms with Gasteiger partial charge in [0.05, 0.1) is 6.42 Å². The minimum absolute atomic E-state index is 0.0484. The molecule has 0 aliphatic rings. The Kier molecular flexibility index (Phi) is 5.17. The molecule has 1 aromatic carbocycles. The zero-order valence-corrected chi connectivity index (χ0v) is 10.6. The Labute approximate surface area is 106 Å². The van der Waals surface area contributed by atoms with Crippen molar-refractivity contribution in [1.29, 1.82) is 0 Å². The van der Waals surface area contributed by atoms with Crippen molar-refractivity contribution in [2.75, 3.05) is 12.4 Å². The molecule has 5 heteroatoms. The molecule has 0 fully saturated rings. The number of likely N-dealkylation sites (N-methyl/N-ethyl adjacent to an activating group) is 1. The lowest BCUT2D eigenvalue weighted by Gasteiger charge is -2.13. The van der Waals surface area contributed by atoms with E-state index in [0.29, 0.717) is 12.8 Å². The molecule has 1 amide bonds. The van der Waals surface area contributed by atoms with Crippen LogP contribution in [0.2, 0.25) is 0 Å². The summed E-state index contributed by atoms with van der Waals surface area (Å²) in [6.07, 6.45) is 0.836. The fourth-order valence-corrected chi connectivity index (χ4v) is 1.53. The molecule has 0 aliphatic heterocycles. The molecule has 1 aromatic rings. The van der Waals surface area contributed by atoms with Gasteiger partial charge in [0.15, 0.2) is 0 Å². The van der Waals surface area contributed by atoms with Crippen LogP contribution in [0.25, 0.3) is 0 Å². The van der Waals surface area contributed by atoms with Gasteiger partial charge in [-0.25, -0.2) is 4.79 Å².